The zero-order valence-corrected chi connectivity index (χ0v) is 16.7. The van der Waals surface area contributed by atoms with E-state index in [1.54, 1.807) is 0 Å². The summed E-state index contributed by atoms with van der Waals surface area (Å²) in [6.07, 6.45) is 6.84. The van der Waals surface area contributed by atoms with Crippen LogP contribution in [0.2, 0.25) is 0 Å². The number of hydrogen-bond donors (Lipinski definition) is 2. The molecule has 1 aliphatic carbocycles. The minimum absolute atomic E-state index is 0.0822. The number of fused-ring (bicyclic) bond motifs is 1. The number of rotatable bonds is 8. The van der Waals surface area contributed by atoms with Crippen LogP contribution in [-0.2, 0) is 9.53 Å². The van der Waals surface area contributed by atoms with Crippen molar-refractivity contribution in [2.75, 3.05) is 13.2 Å². The number of aromatic amines is 1. The molecule has 1 saturated carbocycles. The van der Waals surface area contributed by atoms with Gasteiger partial charge in [-0.2, -0.15) is 0 Å². The van der Waals surface area contributed by atoms with Crippen LogP contribution < -0.4 is 10.1 Å². The molecule has 1 fully saturated rings. The van der Waals surface area contributed by atoms with Crippen molar-refractivity contribution in [2.45, 2.75) is 65.0 Å². The van der Waals surface area contributed by atoms with Gasteiger partial charge in [0, 0.05) is 29.7 Å². The van der Waals surface area contributed by atoms with Crippen molar-refractivity contribution in [3.8, 4) is 5.75 Å². The van der Waals surface area contributed by atoms with Gasteiger partial charge in [-0.1, -0.05) is 39.2 Å². The van der Waals surface area contributed by atoms with E-state index >= 15 is 0 Å². The van der Waals surface area contributed by atoms with Gasteiger partial charge in [0.1, 0.15) is 18.5 Å². The zero-order valence-electron chi connectivity index (χ0n) is 16.7. The molecule has 1 aromatic carbocycles. The lowest BCUT2D eigenvalue weighted by molar-refractivity contribution is -0.164. The van der Waals surface area contributed by atoms with E-state index in [9.17, 15) is 4.79 Å². The van der Waals surface area contributed by atoms with E-state index in [4.69, 9.17) is 9.47 Å². The summed E-state index contributed by atoms with van der Waals surface area (Å²) in [7, 11) is 0. The number of nitrogens with one attached hydrogen (secondary N) is 2. The molecule has 2 aromatic rings. The van der Waals surface area contributed by atoms with Crippen LogP contribution >= 0.6 is 0 Å². The third-order valence-corrected chi connectivity index (χ3v) is 5.46. The summed E-state index contributed by atoms with van der Waals surface area (Å²) in [6.45, 7) is 7.14. The average Bonchev–Trinajstić information content (AvgIpc) is 3.13. The first-order valence-electron chi connectivity index (χ1n) is 10.1. The topological polar surface area (TPSA) is 63.4 Å². The van der Waals surface area contributed by atoms with Crippen LogP contribution in [0.3, 0.4) is 0 Å². The molecule has 27 heavy (non-hydrogen) atoms. The predicted molar refractivity (Wildman–Crippen MR) is 108 cm³/mol. The molecular weight excluding hydrogens is 340 g/mol. The Bertz CT molecular complexity index is 747. The molecular formula is C22H32N2O3. The zero-order chi connectivity index (χ0) is 19.3. The lowest BCUT2D eigenvalue weighted by Crippen LogP contribution is -2.42. The molecule has 1 aliphatic rings. The molecule has 2 N–H and O–H groups in total. The van der Waals surface area contributed by atoms with Crippen molar-refractivity contribution >= 4 is 16.9 Å². The van der Waals surface area contributed by atoms with Crippen LogP contribution in [0.1, 0.15) is 52.9 Å². The number of esters is 1. The van der Waals surface area contributed by atoms with Crippen LogP contribution in [0.4, 0.5) is 0 Å². The van der Waals surface area contributed by atoms with Crippen molar-refractivity contribution in [3.63, 3.8) is 0 Å². The molecule has 0 aliphatic heterocycles. The quantitative estimate of drug-likeness (QED) is 0.673. The molecule has 0 spiro atoms. The van der Waals surface area contributed by atoms with Gasteiger partial charge < -0.3 is 19.8 Å². The third-order valence-electron chi connectivity index (χ3n) is 5.46. The minimum atomic E-state index is -0.352. The van der Waals surface area contributed by atoms with Crippen LogP contribution in [0.5, 0.6) is 5.75 Å². The molecule has 1 unspecified atom stereocenters. The van der Waals surface area contributed by atoms with Gasteiger partial charge in [0.05, 0.1) is 5.41 Å². The highest BCUT2D eigenvalue weighted by Gasteiger charge is 2.37. The number of aromatic nitrogens is 1. The maximum Gasteiger partial charge on any atom is 0.312 e. The van der Waals surface area contributed by atoms with E-state index in [1.165, 1.54) is 6.42 Å². The second-order valence-electron chi connectivity index (χ2n) is 8.22. The van der Waals surface area contributed by atoms with E-state index in [2.05, 4.69) is 24.1 Å². The maximum atomic E-state index is 12.8. The number of H-pyrrole nitrogens is 1. The molecule has 148 valence electrons. The molecule has 0 radical (unpaired) electrons. The van der Waals surface area contributed by atoms with Crippen LogP contribution in [0.25, 0.3) is 10.9 Å². The number of carbonyl (C=O) groups is 1. The second-order valence-corrected chi connectivity index (χ2v) is 8.22. The Kier molecular flexibility index (Phi) is 6.42. The van der Waals surface area contributed by atoms with Gasteiger partial charge in [-0.25, -0.2) is 0 Å². The van der Waals surface area contributed by atoms with E-state index in [0.717, 1.165) is 42.3 Å². The van der Waals surface area contributed by atoms with Gasteiger partial charge in [-0.15, -0.1) is 0 Å². The summed E-state index contributed by atoms with van der Waals surface area (Å²) >= 11 is 0. The standard InChI is InChI=1S/C22H32N2O3/c1-16(2)24-14-17(27-21(25)22(3)11-5-4-6-12-22)15-26-20-9-7-8-19-18(20)10-13-23-19/h7-10,13,16-17,23-24H,4-6,11-12,14-15H2,1-3H3. The Balaban J connectivity index is 1.65. The fourth-order valence-electron chi connectivity index (χ4n) is 3.70. The summed E-state index contributed by atoms with van der Waals surface area (Å²) in [4.78, 5) is 16.0. The Labute approximate surface area is 161 Å². The number of benzene rings is 1. The first-order valence-corrected chi connectivity index (χ1v) is 10.1. The van der Waals surface area contributed by atoms with Gasteiger partial charge in [0.15, 0.2) is 0 Å². The highest BCUT2D eigenvalue weighted by molar-refractivity contribution is 5.85. The van der Waals surface area contributed by atoms with Crippen molar-refractivity contribution < 1.29 is 14.3 Å². The van der Waals surface area contributed by atoms with Crippen LogP contribution in [-0.4, -0.2) is 36.3 Å². The van der Waals surface area contributed by atoms with E-state index in [1.807, 2.05) is 37.4 Å². The van der Waals surface area contributed by atoms with Crippen molar-refractivity contribution in [2.24, 2.45) is 5.41 Å². The monoisotopic (exact) mass is 372 g/mol. The maximum absolute atomic E-state index is 12.8. The molecule has 0 bridgehead atoms. The summed E-state index contributed by atoms with van der Waals surface area (Å²) in [5, 5.41) is 4.41. The predicted octanol–water partition coefficient (Wildman–Crippen LogP) is 4.43. The van der Waals surface area contributed by atoms with Gasteiger partial charge in [-0.3, -0.25) is 4.79 Å². The SMILES string of the molecule is CC(C)NCC(COc1cccc2[nH]ccc12)OC(=O)C1(C)CCCCC1. The summed E-state index contributed by atoms with van der Waals surface area (Å²) in [5.74, 6) is 0.726. The minimum Gasteiger partial charge on any atom is -0.489 e. The van der Waals surface area contributed by atoms with E-state index in [-0.39, 0.29) is 17.5 Å². The molecule has 5 heteroatoms. The van der Waals surface area contributed by atoms with Gasteiger partial charge in [-0.05, 0) is 38.0 Å². The molecule has 5 nitrogen and oxygen atoms in total. The normalized spacial score (nSPS) is 17.8. The van der Waals surface area contributed by atoms with Crippen molar-refractivity contribution in [1.29, 1.82) is 0 Å². The number of carbonyl (C=O) groups excluding carboxylic acids is 1. The smallest absolute Gasteiger partial charge is 0.312 e. The van der Waals surface area contributed by atoms with E-state index < -0.39 is 0 Å². The number of ether oxygens (including phenoxy) is 2. The molecule has 1 heterocycles. The second kappa shape index (κ2) is 8.79. The summed E-state index contributed by atoms with van der Waals surface area (Å²) in [5.41, 5.74) is 0.686. The van der Waals surface area contributed by atoms with Gasteiger partial charge in [0.2, 0.25) is 0 Å². The summed E-state index contributed by atoms with van der Waals surface area (Å²) < 4.78 is 12.0. The Morgan fingerprint density at radius 3 is 2.74 bits per heavy atom. The van der Waals surface area contributed by atoms with Crippen LogP contribution in [0.15, 0.2) is 30.5 Å². The highest BCUT2D eigenvalue weighted by Crippen LogP contribution is 2.37. The van der Waals surface area contributed by atoms with Crippen molar-refractivity contribution in [3.05, 3.63) is 30.5 Å². The lowest BCUT2D eigenvalue weighted by atomic mass is 9.76. The van der Waals surface area contributed by atoms with Crippen molar-refractivity contribution in [1.82, 2.24) is 10.3 Å². The molecule has 1 atom stereocenters. The molecule has 1 aromatic heterocycles. The van der Waals surface area contributed by atoms with Gasteiger partial charge in [0.25, 0.3) is 0 Å². The molecule has 0 saturated heterocycles. The Morgan fingerprint density at radius 1 is 1.22 bits per heavy atom. The Hall–Kier alpha value is -2.01. The number of hydrogen-bond acceptors (Lipinski definition) is 4. The third kappa shape index (κ3) is 5.04. The Morgan fingerprint density at radius 2 is 2.00 bits per heavy atom. The fourth-order valence-corrected chi connectivity index (χ4v) is 3.70. The lowest BCUT2D eigenvalue weighted by Gasteiger charge is -2.33. The van der Waals surface area contributed by atoms with Crippen LogP contribution in [0, 0.1) is 5.41 Å². The fraction of sp³-hybridized carbons (Fsp3) is 0.591. The van der Waals surface area contributed by atoms with Gasteiger partial charge >= 0.3 is 5.97 Å². The largest absolute Gasteiger partial charge is 0.489 e. The first kappa shape index (κ1) is 19.7. The first-order chi connectivity index (χ1) is 13.0. The van der Waals surface area contributed by atoms with E-state index in [0.29, 0.717) is 19.2 Å². The summed E-state index contributed by atoms with van der Waals surface area (Å²) in [6, 6.07) is 8.26. The average molecular weight is 373 g/mol. The molecule has 3 rings (SSSR count). The molecule has 0 amide bonds. The highest BCUT2D eigenvalue weighted by atomic mass is 16.6.